The van der Waals surface area contributed by atoms with Crippen molar-refractivity contribution in [2.45, 2.75) is 27.6 Å². The molecule has 3 atom stereocenters. The highest BCUT2D eigenvalue weighted by Gasteiger charge is 2.57. The van der Waals surface area contributed by atoms with Gasteiger partial charge in [-0.15, -0.1) is 0 Å². The summed E-state index contributed by atoms with van der Waals surface area (Å²) in [5, 5.41) is 16.6. The number of primary amides is 1. The summed E-state index contributed by atoms with van der Waals surface area (Å²) < 4.78 is 24.1. The maximum absolute atomic E-state index is 13.2. The number of thioether (sulfide) groups is 1. The largest absolute Gasteiger partial charge is 0.508 e. The Hall–Kier alpha value is -3.99. The number of aromatic hydroxyl groups is 1. The Bertz CT molecular complexity index is 1700. The monoisotopic (exact) mass is 589 g/mol. The predicted molar refractivity (Wildman–Crippen MR) is 140 cm³/mol. The van der Waals surface area contributed by atoms with E-state index in [0.29, 0.717) is 15.3 Å². The number of rotatable bonds is 5. The van der Waals surface area contributed by atoms with Crippen LogP contribution in [0.3, 0.4) is 0 Å². The van der Waals surface area contributed by atoms with Crippen LogP contribution in [-0.4, -0.2) is 52.0 Å². The molecule has 1 saturated heterocycles. The second-order valence-electron chi connectivity index (χ2n) is 8.72. The van der Waals surface area contributed by atoms with Gasteiger partial charge in [0, 0.05) is 16.5 Å². The van der Waals surface area contributed by atoms with Gasteiger partial charge in [0.15, 0.2) is 0 Å². The van der Waals surface area contributed by atoms with E-state index in [0.717, 1.165) is 23.1 Å². The Labute approximate surface area is 228 Å². The number of nitrogens with two attached hydrogens (primary N) is 2. The maximum Gasteiger partial charge on any atom is 0.328 e. The van der Waals surface area contributed by atoms with Gasteiger partial charge in [0.05, 0.1) is 15.8 Å². The molecule has 202 valence electrons. The average molecular weight is 590 g/mol. The molecule has 5 rings (SSSR count). The number of amides is 5. The van der Waals surface area contributed by atoms with Crippen LogP contribution in [0.25, 0.3) is 0 Å². The highest BCUT2D eigenvalue weighted by atomic mass is 32.2. The number of benzene rings is 2. The van der Waals surface area contributed by atoms with Crippen molar-refractivity contribution in [1.29, 1.82) is 0 Å². The summed E-state index contributed by atoms with van der Waals surface area (Å²) in [6, 6.07) is 9.79. The van der Waals surface area contributed by atoms with E-state index in [4.69, 9.17) is 10.9 Å². The van der Waals surface area contributed by atoms with Gasteiger partial charge in [-0.05, 0) is 42.0 Å². The quantitative estimate of drug-likeness (QED) is 0.306. The third kappa shape index (κ3) is 4.71. The zero-order valence-electron chi connectivity index (χ0n) is 19.6. The molecule has 13 nitrogen and oxygen atoms in total. The van der Waals surface area contributed by atoms with Gasteiger partial charge in [0.1, 0.15) is 17.5 Å². The molecule has 2 aliphatic rings. The molecule has 2 aromatic carbocycles. The number of imide groups is 3. The van der Waals surface area contributed by atoms with E-state index in [1.165, 1.54) is 41.0 Å². The summed E-state index contributed by atoms with van der Waals surface area (Å²) in [6.07, 6.45) is 0. The van der Waals surface area contributed by atoms with Crippen LogP contribution in [0, 0.1) is 5.92 Å². The van der Waals surface area contributed by atoms with E-state index in [-0.39, 0.29) is 21.4 Å². The first-order valence-electron chi connectivity index (χ1n) is 11.2. The number of anilines is 1. The summed E-state index contributed by atoms with van der Waals surface area (Å²) in [5.74, 6) is -4.11. The molecule has 1 aromatic heterocycles. The Morgan fingerprint density at radius 1 is 1.00 bits per heavy atom. The number of phenols is 1. The zero-order chi connectivity index (χ0) is 28.2. The van der Waals surface area contributed by atoms with Crippen molar-refractivity contribution >= 4 is 62.6 Å². The van der Waals surface area contributed by atoms with Crippen LogP contribution < -0.4 is 21.1 Å². The maximum atomic E-state index is 13.2. The van der Waals surface area contributed by atoms with Crippen molar-refractivity contribution in [2.75, 3.05) is 5.32 Å². The van der Waals surface area contributed by atoms with Gasteiger partial charge in [-0.25, -0.2) is 18.4 Å². The van der Waals surface area contributed by atoms with E-state index in [1.54, 1.807) is 12.1 Å². The number of carbonyl (C=O) groups is 4. The molecular weight excluding hydrogens is 570 g/mol. The van der Waals surface area contributed by atoms with Crippen LogP contribution in [0.2, 0.25) is 0 Å². The van der Waals surface area contributed by atoms with Gasteiger partial charge >= 0.3 is 10.9 Å². The molecular formula is C23H19N5O8S3. The number of carbonyl (C=O) groups excluding carboxylic acids is 4. The van der Waals surface area contributed by atoms with E-state index in [2.05, 4.69) is 5.32 Å². The number of phenolic OH excluding ortho intramolecular Hbond substituents is 1. The van der Waals surface area contributed by atoms with Crippen LogP contribution >= 0.6 is 23.1 Å². The minimum atomic E-state index is -3.92. The second kappa shape index (κ2) is 9.64. The van der Waals surface area contributed by atoms with E-state index in [9.17, 15) is 37.5 Å². The lowest BCUT2D eigenvalue weighted by Gasteiger charge is -2.30. The number of fused-ring (bicyclic) bond motifs is 2. The third-order valence-corrected chi connectivity index (χ3v) is 9.82. The van der Waals surface area contributed by atoms with Crippen LogP contribution in [0.1, 0.15) is 16.4 Å². The van der Waals surface area contributed by atoms with Crippen molar-refractivity contribution in [3.8, 4) is 5.75 Å². The van der Waals surface area contributed by atoms with Gasteiger partial charge in [-0.2, -0.15) is 4.90 Å². The number of thiazole rings is 1. The second-order valence-corrected chi connectivity index (χ2v) is 12.4. The summed E-state index contributed by atoms with van der Waals surface area (Å²) in [4.78, 5) is 64.2. The lowest BCUT2D eigenvalue weighted by Crippen LogP contribution is -2.41. The first-order chi connectivity index (χ1) is 18.4. The molecule has 5 amide bonds. The van der Waals surface area contributed by atoms with Crippen molar-refractivity contribution in [2.24, 2.45) is 16.8 Å². The van der Waals surface area contributed by atoms with Crippen LogP contribution in [-0.2, 0) is 31.0 Å². The van der Waals surface area contributed by atoms with Crippen molar-refractivity contribution < 1.29 is 32.7 Å². The van der Waals surface area contributed by atoms with Gasteiger partial charge in [0.25, 0.3) is 5.91 Å². The van der Waals surface area contributed by atoms with Crippen molar-refractivity contribution in [3.05, 3.63) is 68.6 Å². The minimum Gasteiger partial charge on any atom is -0.508 e. The molecule has 3 aromatic rings. The molecule has 0 saturated carbocycles. The standard InChI is InChI=1S/C23H19N5O8S3/c24-22(33)28-19(31)16-15(10-1-5-12(29)6-2-10)18-21(37-17(16)20(28)32)27(23(34)38-18)9-14(30)26-11-3-7-13(8-4-11)39(25,35)36/h1-8,15-17,29H,9H2,(H2,24,33)(H,26,30)(H2,25,35,36)/t15-,16+,17-/m0/s1. The Balaban J connectivity index is 1.51. The van der Waals surface area contributed by atoms with Gasteiger partial charge in [-0.1, -0.05) is 35.2 Å². The molecule has 3 heterocycles. The summed E-state index contributed by atoms with van der Waals surface area (Å²) in [7, 11) is -3.92. The number of hydrogen-bond donors (Lipinski definition) is 4. The number of hydrogen-bond acceptors (Lipinski definition) is 10. The number of urea groups is 1. The zero-order valence-corrected chi connectivity index (χ0v) is 22.1. The fraction of sp³-hybridized carbons (Fsp3) is 0.174. The molecule has 0 unspecified atom stereocenters. The van der Waals surface area contributed by atoms with Gasteiger partial charge < -0.3 is 16.2 Å². The molecule has 16 heteroatoms. The summed E-state index contributed by atoms with van der Waals surface area (Å²) in [5.41, 5.74) is 6.08. The molecule has 6 N–H and O–H groups in total. The number of nitrogens with one attached hydrogen (secondary N) is 1. The highest BCUT2D eigenvalue weighted by Crippen LogP contribution is 2.53. The van der Waals surface area contributed by atoms with E-state index < -0.39 is 62.3 Å². The molecule has 0 aliphatic carbocycles. The van der Waals surface area contributed by atoms with Gasteiger partial charge in [0.2, 0.25) is 21.8 Å². The Morgan fingerprint density at radius 2 is 1.64 bits per heavy atom. The first-order valence-corrected chi connectivity index (χ1v) is 14.4. The van der Waals surface area contributed by atoms with Crippen LogP contribution in [0.4, 0.5) is 10.5 Å². The minimum absolute atomic E-state index is 0.0344. The molecule has 0 spiro atoms. The Kier molecular flexibility index (Phi) is 6.58. The first kappa shape index (κ1) is 26.6. The predicted octanol–water partition coefficient (Wildman–Crippen LogP) is 0.571. The van der Waals surface area contributed by atoms with E-state index in [1.807, 2.05) is 0 Å². The third-order valence-electron chi connectivity index (χ3n) is 6.29. The number of primary sulfonamides is 1. The molecule has 2 aliphatic heterocycles. The fourth-order valence-corrected chi connectivity index (χ4v) is 7.87. The molecule has 0 bridgehead atoms. The molecule has 0 radical (unpaired) electrons. The smallest absolute Gasteiger partial charge is 0.328 e. The number of nitrogens with zero attached hydrogens (tertiary/aromatic N) is 2. The number of aromatic nitrogens is 1. The topological polar surface area (TPSA) is 212 Å². The summed E-state index contributed by atoms with van der Waals surface area (Å²) in [6.45, 7) is -0.448. The normalized spacial score (nSPS) is 20.4. The van der Waals surface area contributed by atoms with E-state index >= 15 is 0 Å². The van der Waals surface area contributed by atoms with Gasteiger partial charge in [-0.3, -0.25) is 23.7 Å². The SMILES string of the molecule is NC(=O)N1C(=O)[C@@H]2[C@H](c3ccc(O)cc3)c3sc(=O)n(CC(=O)Nc4ccc(S(N)(=O)=O)cc4)c3S[C@@H]2C1=O. The van der Waals surface area contributed by atoms with Crippen molar-refractivity contribution in [1.82, 2.24) is 9.47 Å². The van der Waals surface area contributed by atoms with Crippen molar-refractivity contribution in [3.63, 3.8) is 0 Å². The number of sulfonamides is 1. The average Bonchev–Trinajstić information content (AvgIpc) is 3.30. The van der Waals surface area contributed by atoms with Crippen LogP contribution in [0.15, 0.2) is 63.2 Å². The molecule has 39 heavy (non-hydrogen) atoms. The lowest BCUT2D eigenvalue weighted by molar-refractivity contribution is -0.135. The Morgan fingerprint density at radius 3 is 2.23 bits per heavy atom. The highest BCUT2D eigenvalue weighted by molar-refractivity contribution is 8.00. The lowest BCUT2D eigenvalue weighted by atomic mass is 9.83. The van der Waals surface area contributed by atoms with Crippen LogP contribution in [0.5, 0.6) is 5.75 Å². The fourth-order valence-electron chi connectivity index (χ4n) is 4.59. The molecule has 1 fully saturated rings. The summed E-state index contributed by atoms with van der Waals surface area (Å²) >= 11 is 1.71. The number of likely N-dealkylation sites (tertiary alicyclic amines) is 1.